The maximum Gasteiger partial charge on any atom is 0.490 e. The SMILES string of the molecule is C[C@]1([C@H](OC(=O)C(F)(F)F)c2ccc(-c3ccc4ncccc4c3)cc2)NC(=O)NC1=O. The number of alkyl halides is 3. The maximum atomic E-state index is 12.9. The fraction of sp³-hybridized carbons (Fsp3) is 0.182. The molecule has 4 rings (SSSR count). The molecule has 0 saturated carbocycles. The van der Waals surface area contributed by atoms with Gasteiger partial charge in [0, 0.05) is 11.6 Å². The largest absolute Gasteiger partial charge is 0.490 e. The van der Waals surface area contributed by atoms with Crippen LogP contribution in [0.25, 0.3) is 22.0 Å². The highest BCUT2D eigenvalue weighted by atomic mass is 19.4. The summed E-state index contributed by atoms with van der Waals surface area (Å²) in [6.07, 6.45) is -5.30. The molecular formula is C22H16F3N3O4. The molecule has 0 aliphatic carbocycles. The molecule has 3 amide bonds. The molecule has 7 nitrogen and oxygen atoms in total. The third-order valence-electron chi connectivity index (χ3n) is 5.20. The molecule has 1 aromatic heterocycles. The summed E-state index contributed by atoms with van der Waals surface area (Å²) in [6, 6.07) is 14.5. The molecule has 2 atom stereocenters. The molecule has 0 radical (unpaired) electrons. The molecule has 10 heteroatoms. The third kappa shape index (κ3) is 3.86. The monoisotopic (exact) mass is 443 g/mol. The number of hydrogen-bond donors (Lipinski definition) is 2. The van der Waals surface area contributed by atoms with Crippen molar-refractivity contribution in [2.24, 2.45) is 0 Å². The van der Waals surface area contributed by atoms with Crippen molar-refractivity contribution < 1.29 is 32.3 Å². The molecule has 1 aliphatic rings. The number of ether oxygens (including phenoxy) is 1. The summed E-state index contributed by atoms with van der Waals surface area (Å²) in [5.41, 5.74) is 0.565. The number of rotatable bonds is 4. The number of carbonyl (C=O) groups is 3. The fourth-order valence-electron chi connectivity index (χ4n) is 3.54. The summed E-state index contributed by atoms with van der Waals surface area (Å²) in [5.74, 6) is -3.38. The highest BCUT2D eigenvalue weighted by molar-refractivity contribution is 6.07. The van der Waals surface area contributed by atoms with Gasteiger partial charge in [-0.05, 0) is 41.8 Å². The average molecular weight is 443 g/mol. The lowest BCUT2D eigenvalue weighted by Crippen LogP contribution is -2.51. The summed E-state index contributed by atoms with van der Waals surface area (Å²) in [7, 11) is 0. The number of nitrogens with zero attached hydrogens (tertiary/aromatic N) is 1. The fourth-order valence-corrected chi connectivity index (χ4v) is 3.54. The molecule has 2 heterocycles. The minimum absolute atomic E-state index is 0.105. The van der Waals surface area contributed by atoms with Crippen molar-refractivity contribution in [1.82, 2.24) is 15.6 Å². The molecular weight excluding hydrogens is 427 g/mol. The Labute approximate surface area is 179 Å². The molecule has 32 heavy (non-hydrogen) atoms. The molecule has 1 aliphatic heterocycles. The number of hydrogen-bond acceptors (Lipinski definition) is 5. The molecule has 1 saturated heterocycles. The van der Waals surface area contributed by atoms with Crippen LogP contribution in [-0.4, -0.2) is 34.6 Å². The predicted octanol–water partition coefficient (Wildman–Crippen LogP) is 3.65. The molecule has 3 aromatic rings. The standard InChI is InChI=1S/C22H16F3N3O4/c1-21(18(29)27-20(31)28-21)17(32-19(30)22(23,24)25)13-6-4-12(5-7-13)14-8-9-16-15(11-14)3-2-10-26-16/h2-11,17H,1H3,(H2,27,28,29,31)/t17-,21-/m1/s1. The Morgan fingerprint density at radius 2 is 1.75 bits per heavy atom. The van der Waals surface area contributed by atoms with Gasteiger partial charge in [0.25, 0.3) is 5.91 Å². The number of nitrogens with one attached hydrogen (secondary N) is 2. The third-order valence-corrected chi connectivity index (χ3v) is 5.20. The number of benzene rings is 2. The van der Waals surface area contributed by atoms with E-state index in [2.05, 4.69) is 15.0 Å². The van der Waals surface area contributed by atoms with Crippen LogP contribution in [0.5, 0.6) is 0 Å². The van der Waals surface area contributed by atoms with Crippen LogP contribution >= 0.6 is 0 Å². The highest BCUT2D eigenvalue weighted by Crippen LogP contribution is 2.35. The van der Waals surface area contributed by atoms with Crippen LogP contribution in [0.3, 0.4) is 0 Å². The van der Waals surface area contributed by atoms with E-state index in [0.717, 1.165) is 22.0 Å². The van der Waals surface area contributed by atoms with Crippen LogP contribution < -0.4 is 10.6 Å². The van der Waals surface area contributed by atoms with E-state index in [0.29, 0.717) is 0 Å². The first-order chi connectivity index (χ1) is 15.1. The number of esters is 1. The molecule has 164 valence electrons. The van der Waals surface area contributed by atoms with Crippen molar-refractivity contribution in [3.05, 3.63) is 66.4 Å². The average Bonchev–Trinajstić information content (AvgIpc) is 3.02. The van der Waals surface area contributed by atoms with E-state index in [-0.39, 0.29) is 5.56 Å². The number of urea groups is 1. The van der Waals surface area contributed by atoms with Crippen molar-refractivity contribution in [3.8, 4) is 11.1 Å². The predicted molar refractivity (Wildman–Crippen MR) is 107 cm³/mol. The van der Waals surface area contributed by atoms with Gasteiger partial charge in [-0.25, -0.2) is 9.59 Å². The first kappa shape index (κ1) is 21.3. The van der Waals surface area contributed by atoms with Gasteiger partial charge in [-0.3, -0.25) is 15.1 Å². The van der Waals surface area contributed by atoms with Crippen molar-refractivity contribution in [2.75, 3.05) is 0 Å². The van der Waals surface area contributed by atoms with E-state index in [4.69, 9.17) is 0 Å². The Hall–Kier alpha value is -3.95. The maximum absolute atomic E-state index is 12.9. The van der Waals surface area contributed by atoms with Crippen molar-refractivity contribution in [2.45, 2.75) is 24.7 Å². The number of pyridine rings is 1. The molecule has 0 bridgehead atoms. The summed E-state index contributed by atoms with van der Waals surface area (Å²) in [6.45, 7) is 1.19. The van der Waals surface area contributed by atoms with Gasteiger partial charge < -0.3 is 10.1 Å². The Bertz CT molecular complexity index is 1230. The summed E-state index contributed by atoms with van der Waals surface area (Å²) in [5, 5.41) is 5.11. The van der Waals surface area contributed by atoms with Crippen LogP contribution in [0, 0.1) is 0 Å². The van der Waals surface area contributed by atoms with Gasteiger partial charge >= 0.3 is 18.2 Å². The van der Waals surface area contributed by atoms with E-state index in [1.807, 2.05) is 29.6 Å². The molecule has 2 N–H and O–H groups in total. The van der Waals surface area contributed by atoms with Gasteiger partial charge in [-0.1, -0.05) is 36.4 Å². The minimum atomic E-state index is -5.27. The molecule has 1 fully saturated rings. The number of aromatic nitrogens is 1. The van der Waals surface area contributed by atoms with Crippen LogP contribution in [0.1, 0.15) is 18.6 Å². The summed E-state index contributed by atoms with van der Waals surface area (Å²) >= 11 is 0. The van der Waals surface area contributed by atoms with Crippen LogP contribution in [-0.2, 0) is 14.3 Å². The Morgan fingerprint density at radius 3 is 2.38 bits per heavy atom. The number of amides is 3. The number of fused-ring (bicyclic) bond motifs is 1. The smallest absolute Gasteiger partial charge is 0.448 e. The van der Waals surface area contributed by atoms with E-state index in [9.17, 15) is 27.6 Å². The van der Waals surface area contributed by atoms with Gasteiger partial charge in [0.2, 0.25) is 0 Å². The summed E-state index contributed by atoms with van der Waals surface area (Å²) in [4.78, 5) is 39.7. The first-order valence-corrected chi connectivity index (χ1v) is 9.44. The topological polar surface area (TPSA) is 97.4 Å². The van der Waals surface area contributed by atoms with Gasteiger partial charge in [0.05, 0.1) is 5.52 Å². The van der Waals surface area contributed by atoms with Crippen molar-refractivity contribution in [1.29, 1.82) is 0 Å². The second-order valence-corrected chi connectivity index (χ2v) is 7.43. The van der Waals surface area contributed by atoms with Crippen molar-refractivity contribution in [3.63, 3.8) is 0 Å². The lowest BCUT2D eigenvalue weighted by molar-refractivity contribution is -0.208. The quantitative estimate of drug-likeness (QED) is 0.474. The van der Waals surface area contributed by atoms with E-state index >= 15 is 0 Å². The minimum Gasteiger partial charge on any atom is -0.448 e. The number of imide groups is 1. The Balaban J connectivity index is 1.70. The Morgan fingerprint density at radius 1 is 1.06 bits per heavy atom. The van der Waals surface area contributed by atoms with Gasteiger partial charge in [0.15, 0.2) is 11.6 Å². The zero-order chi connectivity index (χ0) is 23.1. The van der Waals surface area contributed by atoms with Gasteiger partial charge in [-0.15, -0.1) is 0 Å². The van der Waals surface area contributed by atoms with E-state index < -0.39 is 35.7 Å². The lowest BCUT2D eigenvalue weighted by Gasteiger charge is -2.31. The number of carbonyl (C=O) groups excluding carboxylic acids is 3. The second kappa shape index (κ2) is 7.63. The normalized spacial score (nSPS) is 19.4. The van der Waals surface area contributed by atoms with E-state index in [1.54, 1.807) is 24.4 Å². The second-order valence-electron chi connectivity index (χ2n) is 7.43. The van der Waals surface area contributed by atoms with Gasteiger partial charge in [0.1, 0.15) is 0 Å². The highest BCUT2D eigenvalue weighted by Gasteiger charge is 2.53. The van der Waals surface area contributed by atoms with Crippen LogP contribution in [0.2, 0.25) is 0 Å². The van der Waals surface area contributed by atoms with Crippen LogP contribution in [0.4, 0.5) is 18.0 Å². The van der Waals surface area contributed by atoms with Crippen LogP contribution in [0.15, 0.2) is 60.8 Å². The zero-order valence-electron chi connectivity index (χ0n) is 16.6. The van der Waals surface area contributed by atoms with E-state index in [1.165, 1.54) is 19.1 Å². The molecule has 0 unspecified atom stereocenters. The lowest BCUT2D eigenvalue weighted by atomic mass is 9.88. The molecule has 2 aromatic carbocycles. The summed E-state index contributed by atoms with van der Waals surface area (Å²) < 4.78 is 43.2. The Kier molecular flexibility index (Phi) is 5.08. The van der Waals surface area contributed by atoms with Gasteiger partial charge in [-0.2, -0.15) is 13.2 Å². The van der Waals surface area contributed by atoms with Crippen molar-refractivity contribution >= 4 is 28.8 Å². The molecule has 0 spiro atoms. The zero-order valence-corrected chi connectivity index (χ0v) is 16.6. The number of halogens is 3. The first-order valence-electron chi connectivity index (χ1n) is 9.44.